The number of benzene rings is 2. The van der Waals surface area contributed by atoms with Crippen LogP contribution in [0, 0.1) is 25.2 Å². The molecule has 1 amide bonds. The molecule has 0 saturated carbocycles. The summed E-state index contributed by atoms with van der Waals surface area (Å²) in [7, 11) is 0. The molecule has 2 aromatic rings. The van der Waals surface area contributed by atoms with Crippen LogP contribution in [-0.2, 0) is 11.3 Å². The molecular weight excluding hydrogens is 312 g/mol. The van der Waals surface area contributed by atoms with Crippen LogP contribution in [0.5, 0.6) is 5.75 Å². The standard InChI is InChI=1S/C21H22N2O2/c1-4-12-23(14-19-10-8-18(13-22)9-11-19)20(24)15-25-21-16(2)6-5-7-17(21)3/h4-11H,1,12,14-15H2,2-3H3. The van der Waals surface area contributed by atoms with Crippen LogP contribution in [0.3, 0.4) is 0 Å². The number of rotatable bonds is 7. The average molecular weight is 334 g/mol. The molecule has 0 bridgehead atoms. The molecule has 0 aliphatic rings. The van der Waals surface area contributed by atoms with Crippen LogP contribution in [0.4, 0.5) is 0 Å². The van der Waals surface area contributed by atoms with E-state index in [0.717, 1.165) is 22.4 Å². The molecule has 0 N–H and O–H groups in total. The number of carbonyl (C=O) groups is 1. The van der Waals surface area contributed by atoms with Crippen LogP contribution in [0.2, 0.25) is 0 Å². The second-order valence-electron chi connectivity index (χ2n) is 5.88. The monoisotopic (exact) mass is 334 g/mol. The Labute approximate surface area is 149 Å². The zero-order valence-electron chi connectivity index (χ0n) is 14.7. The molecular formula is C21H22N2O2. The molecule has 0 fully saturated rings. The quantitative estimate of drug-likeness (QED) is 0.724. The van der Waals surface area contributed by atoms with Crippen LogP contribution in [-0.4, -0.2) is 24.0 Å². The summed E-state index contributed by atoms with van der Waals surface area (Å²) in [6.45, 7) is 8.52. The van der Waals surface area contributed by atoms with Crippen LogP contribution < -0.4 is 4.74 Å². The van der Waals surface area contributed by atoms with E-state index in [1.807, 2.05) is 44.2 Å². The number of ether oxygens (including phenoxy) is 1. The topological polar surface area (TPSA) is 53.3 Å². The van der Waals surface area contributed by atoms with Crippen LogP contribution in [0.15, 0.2) is 55.1 Å². The molecule has 0 radical (unpaired) electrons. The van der Waals surface area contributed by atoms with E-state index in [1.54, 1.807) is 23.1 Å². The third-order valence-corrected chi connectivity index (χ3v) is 3.91. The van der Waals surface area contributed by atoms with Gasteiger partial charge in [-0.1, -0.05) is 36.4 Å². The Morgan fingerprint density at radius 3 is 2.40 bits per heavy atom. The van der Waals surface area contributed by atoms with E-state index >= 15 is 0 Å². The Morgan fingerprint density at radius 2 is 1.84 bits per heavy atom. The van der Waals surface area contributed by atoms with Crippen molar-refractivity contribution in [3.63, 3.8) is 0 Å². The van der Waals surface area contributed by atoms with Gasteiger partial charge >= 0.3 is 0 Å². The summed E-state index contributed by atoms with van der Waals surface area (Å²) < 4.78 is 5.76. The van der Waals surface area contributed by atoms with Gasteiger partial charge in [0.15, 0.2) is 6.61 Å². The fraction of sp³-hybridized carbons (Fsp3) is 0.238. The van der Waals surface area contributed by atoms with E-state index < -0.39 is 0 Å². The van der Waals surface area contributed by atoms with Crippen LogP contribution in [0.25, 0.3) is 0 Å². The predicted molar refractivity (Wildman–Crippen MR) is 98.2 cm³/mol. The lowest BCUT2D eigenvalue weighted by Crippen LogP contribution is -2.34. The van der Waals surface area contributed by atoms with Gasteiger partial charge in [-0.25, -0.2) is 0 Å². The first kappa shape index (κ1) is 18.3. The van der Waals surface area contributed by atoms with Gasteiger partial charge in [-0.3, -0.25) is 4.79 Å². The first-order valence-electron chi connectivity index (χ1n) is 8.12. The summed E-state index contributed by atoms with van der Waals surface area (Å²) in [6, 6.07) is 15.2. The molecule has 0 heterocycles. The smallest absolute Gasteiger partial charge is 0.261 e. The van der Waals surface area contributed by atoms with Gasteiger partial charge < -0.3 is 9.64 Å². The Bertz CT molecular complexity index is 768. The fourth-order valence-electron chi connectivity index (χ4n) is 2.57. The Kier molecular flexibility index (Phi) is 6.36. The van der Waals surface area contributed by atoms with Crippen molar-refractivity contribution >= 4 is 5.91 Å². The van der Waals surface area contributed by atoms with Crippen LogP contribution in [0.1, 0.15) is 22.3 Å². The highest BCUT2D eigenvalue weighted by molar-refractivity contribution is 5.78. The van der Waals surface area contributed by atoms with Gasteiger partial charge in [0, 0.05) is 13.1 Å². The molecule has 0 aliphatic heterocycles. The first-order chi connectivity index (χ1) is 12.0. The second kappa shape index (κ2) is 8.70. The van der Waals surface area contributed by atoms with Crippen molar-refractivity contribution in [2.45, 2.75) is 20.4 Å². The molecule has 128 valence electrons. The van der Waals surface area contributed by atoms with Gasteiger partial charge in [0.25, 0.3) is 5.91 Å². The summed E-state index contributed by atoms with van der Waals surface area (Å²) in [5.41, 5.74) is 3.58. The Morgan fingerprint density at radius 1 is 1.20 bits per heavy atom. The van der Waals surface area contributed by atoms with Crippen molar-refractivity contribution < 1.29 is 9.53 Å². The Balaban J connectivity index is 2.04. The van der Waals surface area contributed by atoms with Crippen molar-refractivity contribution in [3.8, 4) is 11.8 Å². The van der Waals surface area contributed by atoms with Crippen molar-refractivity contribution in [1.29, 1.82) is 5.26 Å². The number of hydrogen-bond donors (Lipinski definition) is 0. The zero-order valence-corrected chi connectivity index (χ0v) is 14.7. The van der Waals surface area contributed by atoms with Crippen molar-refractivity contribution in [3.05, 3.63) is 77.4 Å². The molecule has 0 aliphatic carbocycles. The molecule has 0 aromatic heterocycles. The minimum absolute atomic E-state index is 0.0180. The normalized spacial score (nSPS) is 9.96. The SMILES string of the molecule is C=CCN(Cc1ccc(C#N)cc1)C(=O)COc1c(C)cccc1C. The number of nitrogens with zero attached hydrogens (tertiary/aromatic N) is 2. The lowest BCUT2D eigenvalue weighted by atomic mass is 10.1. The fourth-order valence-corrected chi connectivity index (χ4v) is 2.57. The summed E-state index contributed by atoms with van der Waals surface area (Å²) in [4.78, 5) is 14.2. The minimum Gasteiger partial charge on any atom is -0.483 e. The Hall–Kier alpha value is -3.06. The largest absolute Gasteiger partial charge is 0.483 e. The number of nitriles is 1. The third-order valence-electron chi connectivity index (χ3n) is 3.91. The highest BCUT2D eigenvalue weighted by Gasteiger charge is 2.15. The maximum Gasteiger partial charge on any atom is 0.261 e. The lowest BCUT2D eigenvalue weighted by Gasteiger charge is -2.22. The van der Waals surface area contributed by atoms with Crippen molar-refractivity contribution in [1.82, 2.24) is 4.90 Å². The lowest BCUT2D eigenvalue weighted by molar-refractivity contribution is -0.133. The van der Waals surface area contributed by atoms with E-state index in [1.165, 1.54) is 0 Å². The summed E-state index contributed by atoms with van der Waals surface area (Å²) in [6.07, 6.45) is 1.70. The zero-order chi connectivity index (χ0) is 18.2. The van der Waals surface area contributed by atoms with E-state index in [-0.39, 0.29) is 12.5 Å². The molecule has 0 saturated heterocycles. The van der Waals surface area contributed by atoms with Gasteiger partial charge in [0.05, 0.1) is 11.6 Å². The molecule has 4 heteroatoms. The predicted octanol–water partition coefficient (Wildman–Crippen LogP) is 3.77. The number of amides is 1. The molecule has 2 aromatic carbocycles. The maximum atomic E-state index is 12.6. The molecule has 0 atom stereocenters. The van der Waals surface area contributed by atoms with Gasteiger partial charge in [0.1, 0.15) is 5.75 Å². The summed E-state index contributed by atoms with van der Waals surface area (Å²) in [5.74, 6) is 0.652. The third kappa shape index (κ3) is 4.95. The number of aryl methyl sites for hydroxylation is 2. The van der Waals surface area contributed by atoms with Gasteiger partial charge in [-0.15, -0.1) is 6.58 Å². The average Bonchev–Trinajstić information content (AvgIpc) is 2.61. The number of para-hydroxylation sites is 1. The molecule has 4 nitrogen and oxygen atoms in total. The second-order valence-corrected chi connectivity index (χ2v) is 5.88. The van der Waals surface area contributed by atoms with Crippen molar-refractivity contribution in [2.75, 3.05) is 13.2 Å². The van der Waals surface area contributed by atoms with E-state index in [2.05, 4.69) is 12.6 Å². The maximum absolute atomic E-state index is 12.6. The summed E-state index contributed by atoms with van der Waals surface area (Å²) in [5, 5.41) is 8.86. The number of hydrogen-bond acceptors (Lipinski definition) is 3. The molecule has 0 unspecified atom stereocenters. The summed E-state index contributed by atoms with van der Waals surface area (Å²) >= 11 is 0. The molecule has 25 heavy (non-hydrogen) atoms. The first-order valence-corrected chi connectivity index (χ1v) is 8.12. The van der Waals surface area contributed by atoms with E-state index in [9.17, 15) is 4.79 Å². The highest BCUT2D eigenvalue weighted by atomic mass is 16.5. The van der Waals surface area contributed by atoms with Gasteiger partial charge in [0.2, 0.25) is 0 Å². The van der Waals surface area contributed by atoms with Gasteiger partial charge in [-0.2, -0.15) is 5.26 Å². The molecule has 2 rings (SSSR count). The van der Waals surface area contributed by atoms with Crippen LogP contribution >= 0.6 is 0 Å². The highest BCUT2D eigenvalue weighted by Crippen LogP contribution is 2.22. The van der Waals surface area contributed by atoms with Gasteiger partial charge in [-0.05, 0) is 42.7 Å². The number of carbonyl (C=O) groups excluding carboxylic acids is 1. The van der Waals surface area contributed by atoms with E-state index in [0.29, 0.717) is 18.7 Å². The molecule has 0 spiro atoms. The van der Waals surface area contributed by atoms with Crippen molar-refractivity contribution in [2.24, 2.45) is 0 Å². The van der Waals surface area contributed by atoms with E-state index in [4.69, 9.17) is 10.00 Å². The minimum atomic E-state index is -0.105.